The number of fused-ring (bicyclic) bond motifs is 1. The Morgan fingerprint density at radius 3 is 2.36 bits per heavy atom. The monoisotopic (exact) mass is 443 g/mol. The summed E-state index contributed by atoms with van der Waals surface area (Å²) in [5, 5.41) is 0. The van der Waals surface area contributed by atoms with Crippen LogP contribution >= 0.6 is 0 Å². The first kappa shape index (κ1) is 22.0. The van der Waals surface area contributed by atoms with Gasteiger partial charge < -0.3 is 14.2 Å². The molecule has 1 fully saturated rings. The van der Waals surface area contributed by atoms with Crippen LogP contribution in [0.3, 0.4) is 0 Å². The van der Waals surface area contributed by atoms with E-state index >= 15 is 0 Å². The van der Waals surface area contributed by atoms with E-state index < -0.39 is 0 Å². The van der Waals surface area contributed by atoms with Crippen LogP contribution in [-0.2, 0) is 4.74 Å². The minimum atomic E-state index is 0.264. The molecule has 2 heterocycles. The van der Waals surface area contributed by atoms with Crippen molar-refractivity contribution < 1.29 is 14.2 Å². The standard InChI is InChI=1S/C29H33NO3/c1-2-8-23(9-3-1)27-22-33-28-11-5-4-10-26(28)29(27)24-12-14-25(15-13-24)32-19-7-6-16-30-17-20-31-21-18-30/h1-5,8-15,27,29H,6-7,16-22H2. The zero-order chi connectivity index (χ0) is 22.3. The summed E-state index contributed by atoms with van der Waals surface area (Å²) in [5.74, 6) is 2.49. The predicted octanol–water partition coefficient (Wildman–Crippen LogP) is 5.49. The lowest BCUT2D eigenvalue weighted by Crippen LogP contribution is -2.36. The van der Waals surface area contributed by atoms with Crippen LogP contribution in [0, 0.1) is 0 Å². The summed E-state index contributed by atoms with van der Waals surface area (Å²) >= 11 is 0. The third-order valence-corrected chi connectivity index (χ3v) is 6.78. The molecular weight excluding hydrogens is 410 g/mol. The van der Waals surface area contributed by atoms with Gasteiger partial charge in [0.05, 0.1) is 26.4 Å². The minimum absolute atomic E-state index is 0.264. The first-order valence-corrected chi connectivity index (χ1v) is 12.2. The molecule has 3 aromatic carbocycles. The van der Waals surface area contributed by atoms with E-state index in [0.717, 1.165) is 63.8 Å². The van der Waals surface area contributed by atoms with Crippen LogP contribution < -0.4 is 9.47 Å². The van der Waals surface area contributed by atoms with Gasteiger partial charge in [0, 0.05) is 30.5 Å². The van der Waals surface area contributed by atoms with Crippen molar-refractivity contribution in [2.45, 2.75) is 24.7 Å². The molecule has 0 amide bonds. The zero-order valence-electron chi connectivity index (χ0n) is 19.2. The topological polar surface area (TPSA) is 30.9 Å². The number of hydrogen-bond donors (Lipinski definition) is 0. The molecule has 0 aliphatic carbocycles. The lowest BCUT2D eigenvalue weighted by Gasteiger charge is -2.34. The number of morpholine rings is 1. The Morgan fingerprint density at radius 1 is 0.788 bits per heavy atom. The van der Waals surface area contributed by atoms with Gasteiger partial charge in [0.1, 0.15) is 11.5 Å². The highest BCUT2D eigenvalue weighted by Crippen LogP contribution is 2.46. The molecule has 2 aliphatic rings. The molecule has 0 aromatic heterocycles. The van der Waals surface area contributed by atoms with Gasteiger partial charge in [0.15, 0.2) is 0 Å². The largest absolute Gasteiger partial charge is 0.494 e. The molecule has 0 bridgehead atoms. The molecular formula is C29H33NO3. The Balaban J connectivity index is 1.23. The quantitative estimate of drug-likeness (QED) is 0.431. The number of rotatable bonds is 8. The molecule has 2 atom stereocenters. The van der Waals surface area contributed by atoms with Crippen LogP contribution in [0.2, 0.25) is 0 Å². The summed E-state index contributed by atoms with van der Waals surface area (Å²) < 4.78 is 17.6. The Morgan fingerprint density at radius 2 is 1.55 bits per heavy atom. The van der Waals surface area contributed by atoms with Gasteiger partial charge in [-0.25, -0.2) is 0 Å². The molecule has 4 nitrogen and oxygen atoms in total. The first-order chi connectivity index (χ1) is 16.4. The van der Waals surface area contributed by atoms with Crippen molar-refractivity contribution in [1.29, 1.82) is 0 Å². The van der Waals surface area contributed by atoms with E-state index in [1.165, 1.54) is 16.7 Å². The van der Waals surface area contributed by atoms with Crippen LogP contribution in [0.4, 0.5) is 0 Å². The number of ether oxygens (including phenoxy) is 3. The van der Waals surface area contributed by atoms with Gasteiger partial charge in [-0.15, -0.1) is 0 Å². The maximum absolute atomic E-state index is 6.15. The van der Waals surface area contributed by atoms with Gasteiger partial charge in [0.2, 0.25) is 0 Å². The minimum Gasteiger partial charge on any atom is -0.494 e. The maximum atomic E-state index is 6.15. The van der Waals surface area contributed by atoms with E-state index in [1.54, 1.807) is 0 Å². The number of para-hydroxylation sites is 1. The number of unbranched alkanes of at least 4 members (excludes halogenated alkanes) is 1. The Bertz CT molecular complexity index is 999. The fourth-order valence-electron chi connectivity index (χ4n) is 4.99. The summed E-state index contributed by atoms with van der Waals surface area (Å²) in [6.07, 6.45) is 2.23. The average molecular weight is 444 g/mol. The number of nitrogens with zero attached hydrogens (tertiary/aromatic N) is 1. The molecule has 4 heteroatoms. The lowest BCUT2D eigenvalue weighted by molar-refractivity contribution is 0.0368. The summed E-state index contributed by atoms with van der Waals surface area (Å²) in [6, 6.07) is 27.9. The van der Waals surface area contributed by atoms with E-state index in [4.69, 9.17) is 14.2 Å². The van der Waals surface area contributed by atoms with Crippen molar-refractivity contribution in [3.05, 3.63) is 95.6 Å². The van der Waals surface area contributed by atoms with E-state index in [2.05, 4.69) is 83.8 Å². The van der Waals surface area contributed by atoms with Crippen molar-refractivity contribution in [2.24, 2.45) is 0 Å². The molecule has 3 aromatic rings. The summed E-state index contributed by atoms with van der Waals surface area (Å²) in [5.41, 5.74) is 3.88. The van der Waals surface area contributed by atoms with Crippen molar-refractivity contribution in [3.63, 3.8) is 0 Å². The van der Waals surface area contributed by atoms with E-state index in [9.17, 15) is 0 Å². The highest BCUT2D eigenvalue weighted by molar-refractivity contribution is 5.48. The van der Waals surface area contributed by atoms with Crippen LogP contribution in [-0.4, -0.2) is 51.0 Å². The summed E-state index contributed by atoms with van der Waals surface area (Å²) in [6.45, 7) is 6.43. The fourth-order valence-corrected chi connectivity index (χ4v) is 4.99. The van der Waals surface area contributed by atoms with Gasteiger partial charge in [-0.3, -0.25) is 4.90 Å². The Hall–Kier alpha value is -2.82. The number of benzene rings is 3. The highest BCUT2D eigenvalue weighted by atomic mass is 16.5. The van der Waals surface area contributed by atoms with Gasteiger partial charge in [-0.1, -0.05) is 60.7 Å². The molecule has 33 heavy (non-hydrogen) atoms. The Labute approximate surface area is 197 Å². The summed E-state index contributed by atoms with van der Waals surface area (Å²) in [4.78, 5) is 2.48. The second kappa shape index (κ2) is 10.9. The molecule has 0 saturated carbocycles. The smallest absolute Gasteiger partial charge is 0.123 e. The SMILES string of the molecule is c1ccc(C2COc3ccccc3C2c2ccc(OCCCCN3CCOCC3)cc2)cc1. The summed E-state index contributed by atoms with van der Waals surface area (Å²) in [7, 11) is 0. The Kier molecular flexibility index (Phi) is 7.24. The third-order valence-electron chi connectivity index (χ3n) is 6.78. The van der Waals surface area contributed by atoms with E-state index in [-0.39, 0.29) is 11.8 Å². The average Bonchev–Trinajstić information content (AvgIpc) is 2.89. The van der Waals surface area contributed by atoms with Crippen LogP contribution in [0.5, 0.6) is 11.5 Å². The maximum Gasteiger partial charge on any atom is 0.123 e. The van der Waals surface area contributed by atoms with Gasteiger partial charge in [-0.05, 0) is 48.7 Å². The molecule has 5 rings (SSSR count). The zero-order valence-corrected chi connectivity index (χ0v) is 19.2. The molecule has 172 valence electrons. The first-order valence-electron chi connectivity index (χ1n) is 12.2. The van der Waals surface area contributed by atoms with E-state index in [1.807, 2.05) is 0 Å². The fraction of sp³-hybridized carbons (Fsp3) is 0.379. The van der Waals surface area contributed by atoms with Crippen molar-refractivity contribution in [3.8, 4) is 11.5 Å². The number of hydrogen-bond acceptors (Lipinski definition) is 4. The predicted molar refractivity (Wildman–Crippen MR) is 131 cm³/mol. The van der Waals surface area contributed by atoms with Crippen LogP contribution in [0.25, 0.3) is 0 Å². The molecule has 0 N–H and O–H groups in total. The second-order valence-corrected chi connectivity index (χ2v) is 8.92. The third kappa shape index (κ3) is 5.40. The normalized spacial score (nSPS) is 20.6. The molecule has 0 radical (unpaired) electrons. The van der Waals surface area contributed by atoms with Gasteiger partial charge in [0.25, 0.3) is 0 Å². The van der Waals surface area contributed by atoms with Crippen LogP contribution in [0.1, 0.15) is 41.4 Å². The molecule has 2 aliphatic heterocycles. The molecule has 2 unspecified atom stereocenters. The molecule has 1 saturated heterocycles. The van der Waals surface area contributed by atoms with Crippen molar-refractivity contribution >= 4 is 0 Å². The van der Waals surface area contributed by atoms with Crippen LogP contribution in [0.15, 0.2) is 78.9 Å². The molecule has 0 spiro atoms. The van der Waals surface area contributed by atoms with Crippen molar-refractivity contribution in [2.75, 3.05) is 46.1 Å². The van der Waals surface area contributed by atoms with E-state index in [0.29, 0.717) is 6.61 Å². The second-order valence-electron chi connectivity index (χ2n) is 8.92. The lowest BCUT2D eigenvalue weighted by atomic mass is 9.76. The van der Waals surface area contributed by atoms with Gasteiger partial charge >= 0.3 is 0 Å². The van der Waals surface area contributed by atoms with Crippen molar-refractivity contribution in [1.82, 2.24) is 4.90 Å². The van der Waals surface area contributed by atoms with Gasteiger partial charge in [-0.2, -0.15) is 0 Å². The highest BCUT2D eigenvalue weighted by Gasteiger charge is 2.33.